The summed E-state index contributed by atoms with van der Waals surface area (Å²) in [6.07, 6.45) is -1.41. The number of fused-ring (bicyclic) bond motifs is 1. The highest BCUT2D eigenvalue weighted by molar-refractivity contribution is 5.84. The lowest BCUT2D eigenvalue weighted by molar-refractivity contribution is -0.192. The van der Waals surface area contributed by atoms with Crippen LogP contribution in [0.2, 0.25) is 0 Å². The van der Waals surface area contributed by atoms with Crippen molar-refractivity contribution in [2.45, 2.75) is 51.9 Å². The summed E-state index contributed by atoms with van der Waals surface area (Å²) in [6.45, 7) is 9.40. The van der Waals surface area contributed by atoms with E-state index in [4.69, 9.17) is 9.90 Å². The number of nitrogens with one attached hydrogen (secondary N) is 2. The highest BCUT2D eigenvalue weighted by Gasteiger charge is 2.38. The number of carboxylic acids is 1. The molecule has 0 saturated heterocycles. The van der Waals surface area contributed by atoms with Crippen LogP contribution in [0.3, 0.4) is 0 Å². The minimum absolute atomic E-state index is 0.0491. The predicted molar refractivity (Wildman–Crippen MR) is 116 cm³/mol. The summed E-state index contributed by atoms with van der Waals surface area (Å²) in [6, 6.07) is 12.1. The summed E-state index contributed by atoms with van der Waals surface area (Å²) in [5, 5.41) is 12.4. The van der Waals surface area contributed by atoms with Crippen LogP contribution in [0.1, 0.15) is 50.6 Å². The van der Waals surface area contributed by atoms with E-state index in [1.165, 1.54) is 5.56 Å². The molecule has 2 heterocycles. The van der Waals surface area contributed by atoms with Crippen molar-refractivity contribution in [3.63, 3.8) is 0 Å². The van der Waals surface area contributed by atoms with E-state index in [9.17, 15) is 18.0 Å². The molecule has 0 spiro atoms. The Morgan fingerprint density at radius 2 is 1.75 bits per heavy atom. The predicted octanol–water partition coefficient (Wildman–Crippen LogP) is 4.70. The second-order valence-electron chi connectivity index (χ2n) is 8.31. The van der Waals surface area contributed by atoms with Crippen molar-refractivity contribution >= 4 is 16.7 Å². The van der Waals surface area contributed by atoms with E-state index in [0.717, 1.165) is 22.0 Å². The number of aliphatic carboxylic acids is 1. The van der Waals surface area contributed by atoms with Gasteiger partial charge in [0.05, 0.1) is 5.69 Å². The number of alkyl halides is 3. The maximum Gasteiger partial charge on any atom is 0.490 e. The molecule has 0 fully saturated rings. The number of pyridine rings is 2. The Morgan fingerprint density at radius 3 is 2.31 bits per heavy atom. The highest BCUT2D eigenvalue weighted by atomic mass is 19.4. The lowest BCUT2D eigenvalue weighted by Crippen LogP contribution is -2.21. The van der Waals surface area contributed by atoms with Crippen molar-refractivity contribution < 1.29 is 23.1 Å². The number of benzene rings is 1. The third-order valence-electron chi connectivity index (χ3n) is 4.83. The van der Waals surface area contributed by atoms with Gasteiger partial charge in [-0.2, -0.15) is 13.2 Å². The Balaban J connectivity index is 0.000000451. The topological polar surface area (TPSA) is 95.1 Å². The molecule has 1 aromatic carbocycles. The van der Waals surface area contributed by atoms with Gasteiger partial charge in [-0.05, 0) is 47.1 Å². The van der Waals surface area contributed by atoms with Crippen molar-refractivity contribution in [1.82, 2.24) is 15.3 Å². The van der Waals surface area contributed by atoms with Crippen molar-refractivity contribution in [3.05, 3.63) is 76.0 Å². The molecule has 0 radical (unpaired) electrons. The fourth-order valence-electron chi connectivity index (χ4n) is 2.93. The van der Waals surface area contributed by atoms with Crippen LogP contribution in [0.5, 0.6) is 0 Å². The van der Waals surface area contributed by atoms with E-state index in [2.05, 4.69) is 55.1 Å². The number of nitrogens with zero attached hydrogens (tertiary/aromatic N) is 1. The molecule has 0 bridgehead atoms. The van der Waals surface area contributed by atoms with Gasteiger partial charge in [0.15, 0.2) is 0 Å². The maximum atomic E-state index is 11.9. The number of aromatic amines is 1. The van der Waals surface area contributed by atoms with Gasteiger partial charge >= 0.3 is 12.1 Å². The number of carbonyl (C=O) groups is 1. The average Bonchev–Trinajstić information content (AvgIpc) is 2.72. The quantitative estimate of drug-likeness (QED) is 0.537. The highest BCUT2D eigenvalue weighted by Crippen LogP contribution is 2.24. The van der Waals surface area contributed by atoms with E-state index in [1.54, 1.807) is 6.20 Å². The number of hydrogen-bond acceptors (Lipinski definition) is 4. The van der Waals surface area contributed by atoms with Gasteiger partial charge in [-0.1, -0.05) is 39.0 Å². The van der Waals surface area contributed by atoms with Gasteiger partial charge in [-0.3, -0.25) is 9.78 Å². The second-order valence-corrected chi connectivity index (χ2v) is 8.31. The third-order valence-corrected chi connectivity index (χ3v) is 4.83. The van der Waals surface area contributed by atoms with Crippen LogP contribution < -0.4 is 10.9 Å². The molecular weight excluding hydrogens is 423 g/mol. The minimum Gasteiger partial charge on any atom is -0.475 e. The van der Waals surface area contributed by atoms with Gasteiger partial charge in [0.1, 0.15) is 0 Å². The Morgan fingerprint density at radius 1 is 1.16 bits per heavy atom. The first-order valence-corrected chi connectivity index (χ1v) is 9.90. The third kappa shape index (κ3) is 6.65. The minimum atomic E-state index is -5.08. The van der Waals surface area contributed by atoms with Crippen LogP contribution in [0.25, 0.3) is 10.8 Å². The van der Waals surface area contributed by atoms with Gasteiger partial charge < -0.3 is 15.4 Å². The summed E-state index contributed by atoms with van der Waals surface area (Å²) in [5.41, 5.74) is 3.44. The van der Waals surface area contributed by atoms with Gasteiger partial charge in [-0.25, -0.2) is 4.79 Å². The van der Waals surface area contributed by atoms with Gasteiger partial charge in [0, 0.05) is 30.4 Å². The van der Waals surface area contributed by atoms with E-state index in [-0.39, 0.29) is 17.0 Å². The Hall–Kier alpha value is -3.20. The molecule has 1 unspecified atom stereocenters. The first kappa shape index (κ1) is 25.1. The molecule has 9 heteroatoms. The maximum absolute atomic E-state index is 11.9. The van der Waals surface area contributed by atoms with Crippen molar-refractivity contribution in [3.8, 4) is 0 Å². The molecule has 3 rings (SSSR count). The zero-order valence-corrected chi connectivity index (χ0v) is 18.2. The van der Waals surface area contributed by atoms with Crippen LogP contribution in [0.4, 0.5) is 13.2 Å². The first-order chi connectivity index (χ1) is 14.8. The number of carboxylic acid groups (broad SMARTS) is 1. The summed E-state index contributed by atoms with van der Waals surface area (Å²) in [7, 11) is 0. The fourth-order valence-corrected chi connectivity index (χ4v) is 2.93. The van der Waals surface area contributed by atoms with E-state index in [0.29, 0.717) is 6.54 Å². The molecule has 3 N–H and O–H groups in total. The molecular formula is C23H26F3N3O3. The normalized spacial score (nSPS) is 12.7. The van der Waals surface area contributed by atoms with Crippen molar-refractivity contribution in [1.29, 1.82) is 0 Å². The van der Waals surface area contributed by atoms with Gasteiger partial charge in [0.25, 0.3) is 5.56 Å². The molecule has 1 atom stereocenters. The van der Waals surface area contributed by atoms with Gasteiger partial charge in [-0.15, -0.1) is 0 Å². The summed E-state index contributed by atoms with van der Waals surface area (Å²) in [4.78, 5) is 28.2. The molecule has 0 amide bonds. The lowest BCUT2D eigenvalue weighted by atomic mass is 9.87. The summed E-state index contributed by atoms with van der Waals surface area (Å²) >= 11 is 0. The Bertz CT molecular complexity index is 1130. The van der Waals surface area contributed by atoms with Crippen LogP contribution in [-0.4, -0.2) is 27.2 Å². The van der Waals surface area contributed by atoms with Gasteiger partial charge in [0.2, 0.25) is 0 Å². The monoisotopic (exact) mass is 449 g/mol. The molecule has 0 aliphatic rings. The van der Waals surface area contributed by atoms with Crippen molar-refractivity contribution in [2.75, 3.05) is 0 Å². The molecule has 172 valence electrons. The average molecular weight is 449 g/mol. The molecule has 32 heavy (non-hydrogen) atoms. The van der Waals surface area contributed by atoms with E-state index in [1.807, 2.05) is 30.5 Å². The summed E-state index contributed by atoms with van der Waals surface area (Å²) < 4.78 is 31.7. The Labute approximate surface area is 183 Å². The molecule has 0 aliphatic heterocycles. The second kappa shape index (κ2) is 9.95. The fraction of sp³-hybridized carbons (Fsp3) is 0.348. The number of halogens is 3. The zero-order valence-electron chi connectivity index (χ0n) is 18.2. The van der Waals surface area contributed by atoms with Crippen LogP contribution >= 0.6 is 0 Å². The zero-order chi connectivity index (χ0) is 24.1. The molecule has 0 saturated carbocycles. The molecule has 6 nitrogen and oxygen atoms in total. The molecule has 3 aromatic rings. The first-order valence-electron chi connectivity index (χ1n) is 9.90. The molecule has 2 aromatic heterocycles. The number of rotatable bonds is 4. The standard InChI is InChI=1S/C21H25N3O.C2HF3O2/c1-14(19-11-16(9-10-22-19)21(2,3)4)23-12-15-13-24-20(25)18-8-6-5-7-17(15)18;3-2(4,5)1(6)7/h5-11,13-14,23H,12H2,1-4H3,(H,24,25);(H,6,7). The summed E-state index contributed by atoms with van der Waals surface area (Å²) in [5.74, 6) is -2.76. The smallest absolute Gasteiger partial charge is 0.475 e. The number of H-pyrrole nitrogens is 1. The number of hydrogen-bond donors (Lipinski definition) is 3. The van der Waals surface area contributed by atoms with Crippen molar-refractivity contribution in [2.24, 2.45) is 0 Å². The van der Waals surface area contributed by atoms with Crippen LogP contribution in [-0.2, 0) is 16.8 Å². The SMILES string of the molecule is CC(NCc1c[nH]c(=O)c2ccccc12)c1cc(C(C)(C)C)ccn1.O=C(O)C(F)(F)F. The lowest BCUT2D eigenvalue weighted by Gasteiger charge is -2.21. The van der Waals surface area contributed by atoms with Crippen LogP contribution in [0, 0.1) is 0 Å². The molecule has 0 aliphatic carbocycles. The Kier molecular flexibility index (Phi) is 7.79. The van der Waals surface area contributed by atoms with E-state index < -0.39 is 12.1 Å². The van der Waals surface area contributed by atoms with Crippen LogP contribution in [0.15, 0.2) is 53.6 Å². The van der Waals surface area contributed by atoms with E-state index >= 15 is 0 Å². The largest absolute Gasteiger partial charge is 0.490 e. The number of aromatic nitrogens is 2.